The molecular weight excluding hydrogens is 376 g/mol. The molecule has 144 valence electrons. The summed E-state index contributed by atoms with van der Waals surface area (Å²) in [5.74, 6) is -0.174. The molecule has 2 heterocycles. The maximum atomic E-state index is 12.6. The van der Waals surface area contributed by atoms with E-state index in [1.165, 1.54) is 12.1 Å². The number of benzene rings is 1. The topological polar surface area (TPSA) is 101 Å². The molecule has 0 saturated carbocycles. The van der Waals surface area contributed by atoms with Gasteiger partial charge in [0.1, 0.15) is 0 Å². The van der Waals surface area contributed by atoms with Gasteiger partial charge in [0.05, 0.1) is 16.3 Å². The van der Waals surface area contributed by atoms with Crippen molar-refractivity contribution >= 4 is 21.6 Å². The zero-order chi connectivity index (χ0) is 20.0. The summed E-state index contributed by atoms with van der Waals surface area (Å²) in [4.78, 5) is 20.4. The van der Waals surface area contributed by atoms with E-state index in [2.05, 4.69) is 20.6 Å². The first-order valence-corrected chi connectivity index (χ1v) is 10.3. The third kappa shape index (κ3) is 5.37. The largest absolute Gasteiger partial charge is 0.334 e. The van der Waals surface area contributed by atoms with Crippen molar-refractivity contribution in [2.24, 2.45) is 0 Å². The number of carbonyl (C=O) groups excluding carboxylic acids is 1. The summed E-state index contributed by atoms with van der Waals surface area (Å²) in [6.07, 6.45) is 3.33. The minimum atomic E-state index is -3.52. The Balaban J connectivity index is 1.60. The van der Waals surface area contributed by atoms with Crippen molar-refractivity contribution in [1.29, 1.82) is 0 Å². The Kier molecular flexibility index (Phi) is 6.00. The van der Waals surface area contributed by atoms with Crippen molar-refractivity contribution in [1.82, 2.24) is 15.3 Å². The van der Waals surface area contributed by atoms with Gasteiger partial charge in [0.15, 0.2) is 9.84 Å². The molecule has 0 aliphatic heterocycles. The van der Waals surface area contributed by atoms with Crippen molar-refractivity contribution in [3.05, 3.63) is 83.9 Å². The first-order valence-electron chi connectivity index (χ1n) is 8.61. The highest BCUT2D eigenvalue weighted by atomic mass is 32.2. The van der Waals surface area contributed by atoms with Gasteiger partial charge in [-0.2, -0.15) is 0 Å². The van der Waals surface area contributed by atoms with Gasteiger partial charge in [0, 0.05) is 30.3 Å². The van der Waals surface area contributed by atoms with Crippen molar-refractivity contribution in [2.45, 2.75) is 24.1 Å². The molecule has 0 atom stereocenters. The lowest BCUT2D eigenvalue weighted by Crippen LogP contribution is -2.28. The van der Waals surface area contributed by atoms with Gasteiger partial charge < -0.3 is 10.6 Å². The SMILES string of the molecule is Cc1cccc(CS(=O)(=O)c2ccc(NC(=O)NCc3cccnc3)cc2)n1. The quantitative estimate of drug-likeness (QED) is 0.667. The maximum Gasteiger partial charge on any atom is 0.319 e. The molecule has 8 heteroatoms. The van der Waals surface area contributed by atoms with Crippen LogP contribution >= 0.6 is 0 Å². The molecular formula is C20H20N4O3S. The Labute approximate surface area is 163 Å². The lowest BCUT2D eigenvalue weighted by Gasteiger charge is -2.09. The Hall–Kier alpha value is -3.26. The van der Waals surface area contributed by atoms with E-state index >= 15 is 0 Å². The van der Waals surface area contributed by atoms with Crippen LogP contribution in [0.3, 0.4) is 0 Å². The van der Waals surface area contributed by atoms with Crippen LogP contribution in [0.25, 0.3) is 0 Å². The Morgan fingerprint density at radius 2 is 1.82 bits per heavy atom. The number of aromatic nitrogens is 2. The fourth-order valence-electron chi connectivity index (χ4n) is 2.56. The molecule has 0 fully saturated rings. The summed E-state index contributed by atoms with van der Waals surface area (Å²) in [5, 5.41) is 5.38. The summed E-state index contributed by atoms with van der Waals surface area (Å²) in [5.41, 5.74) is 2.64. The van der Waals surface area contributed by atoms with Crippen LogP contribution in [0.4, 0.5) is 10.5 Å². The maximum absolute atomic E-state index is 12.6. The van der Waals surface area contributed by atoms with E-state index in [4.69, 9.17) is 0 Å². The monoisotopic (exact) mass is 396 g/mol. The molecule has 0 spiro atoms. The number of anilines is 1. The molecule has 3 rings (SSSR count). The fraction of sp³-hybridized carbons (Fsp3) is 0.150. The number of urea groups is 1. The van der Waals surface area contributed by atoms with Gasteiger partial charge >= 0.3 is 6.03 Å². The standard InChI is InChI=1S/C20H20N4O3S/c1-15-4-2-6-18(23-15)14-28(26,27)19-9-7-17(8-10-19)24-20(25)22-13-16-5-3-11-21-12-16/h2-12H,13-14H2,1H3,(H2,22,24,25). The summed E-state index contributed by atoms with van der Waals surface area (Å²) >= 11 is 0. The molecule has 2 aromatic heterocycles. The van der Waals surface area contributed by atoms with E-state index < -0.39 is 9.84 Å². The molecule has 0 aliphatic carbocycles. The second kappa shape index (κ2) is 8.62. The van der Waals surface area contributed by atoms with Gasteiger partial charge in [-0.25, -0.2) is 13.2 Å². The summed E-state index contributed by atoms with van der Waals surface area (Å²) in [7, 11) is -3.52. The number of aryl methyl sites for hydroxylation is 1. The predicted octanol–water partition coefficient (Wildman–Crippen LogP) is 3.08. The number of sulfone groups is 1. The van der Waals surface area contributed by atoms with E-state index in [1.807, 2.05) is 19.1 Å². The zero-order valence-corrected chi connectivity index (χ0v) is 16.1. The number of nitrogens with zero attached hydrogens (tertiary/aromatic N) is 2. The van der Waals surface area contributed by atoms with Crippen LogP contribution in [0.2, 0.25) is 0 Å². The van der Waals surface area contributed by atoms with Crippen LogP contribution in [0.15, 0.2) is 71.9 Å². The predicted molar refractivity (Wildman–Crippen MR) is 106 cm³/mol. The zero-order valence-electron chi connectivity index (χ0n) is 15.3. The highest BCUT2D eigenvalue weighted by Gasteiger charge is 2.16. The molecule has 0 aliphatic rings. The first kappa shape index (κ1) is 19.5. The number of hydrogen-bond donors (Lipinski definition) is 2. The molecule has 1 aromatic carbocycles. The molecule has 0 saturated heterocycles. The Bertz CT molecular complexity index is 1050. The highest BCUT2D eigenvalue weighted by Crippen LogP contribution is 2.18. The van der Waals surface area contributed by atoms with Gasteiger partial charge in [-0.3, -0.25) is 9.97 Å². The number of pyridine rings is 2. The molecule has 28 heavy (non-hydrogen) atoms. The fourth-order valence-corrected chi connectivity index (χ4v) is 3.83. The number of carbonyl (C=O) groups is 1. The number of amides is 2. The average molecular weight is 396 g/mol. The minimum Gasteiger partial charge on any atom is -0.334 e. The van der Waals surface area contributed by atoms with E-state index in [9.17, 15) is 13.2 Å². The summed E-state index contributed by atoms with van der Waals surface area (Å²) in [6.45, 7) is 2.16. The number of rotatable bonds is 6. The van der Waals surface area contributed by atoms with Gasteiger partial charge in [0.2, 0.25) is 0 Å². The van der Waals surface area contributed by atoms with Gasteiger partial charge in [-0.1, -0.05) is 12.1 Å². The van der Waals surface area contributed by atoms with Crippen LogP contribution in [-0.2, 0) is 22.1 Å². The van der Waals surface area contributed by atoms with Crippen molar-refractivity contribution in [3.8, 4) is 0 Å². The molecule has 0 bridgehead atoms. The van der Waals surface area contributed by atoms with Crippen LogP contribution in [0.1, 0.15) is 17.0 Å². The van der Waals surface area contributed by atoms with Crippen LogP contribution in [0.5, 0.6) is 0 Å². The van der Waals surface area contributed by atoms with Crippen LogP contribution in [-0.4, -0.2) is 24.4 Å². The van der Waals surface area contributed by atoms with Gasteiger partial charge in [-0.15, -0.1) is 0 Å². The molecule has 0 unspecified atom stereocenters. The van der Waals surface area contributed by atoms with Crippen molar-refractivity contribution < 1.29 is 13.2 Å². The summed E-state index contributed by atoms with van der Waals surface area (Å²) in [6, 6.07) is 14.6. The Morgan fingerprint density at radius 3 is 2.50 bits per heavy atom. The van der Waals surface area contributed by atoms with Gasteiger partial charge in [0.25, 0.3) is 0 Å². The second-order valence-corrected chi connectivity index (χ2v) is 8.21. The second-order valence-electron chi connectivity index (χ2n) is 6.22. The molecule has 2 amide bonds. The smallest absolute Gasteiger partial charge is 0.319 e. The lowest BCUT2D eigenvalue weighted by molar-refractivity contribution is 0.251. The number of hydrogen-bond acceptors (Lipinski definition) is 5. The first-order chi connectivity index (χ1) is 13.4. The number of nitrogens with one attached hydrogen (secondary N) is 2. The van der Waals surface area contributed by atoms with Crippen LogP contribution < -0.4 is 10.6 Å². The minimum absolute atomic E-state index is 0.174. The average Bonchev–Trinajstić information content (AvgIpc) is 2.67. The molecule has 7 nitrogen and oxygen atoms in total. The van der Waals surface area contributed by atoms with Crippen molar-refractivity contribution in [2.75, 3.05) is 5.32 Å². The summed E-state index contributed by atoms with van der Waals surface area (Å²) < 4.78 is 25.1. The van der Waals surface area contributed by atoms with E-state index in [1.54, 1.807) is 42.7 Å². The normalized spacial score (nSPS) is 11.0. The van der Waals surface area contributed by atoms with Crippen LogP contribution in [0, 0.1) is 6.92 Å². The molecule has 0 radical (unpaired) electrons. The van der Waals surface area contributed by atoms with E-state index in [0.29, 0.717) is 17.9 Å². The molecule has 2 N–H and O–H groups in total. The third-order valence-electron chi connectivity index (χ3n) is 3.93. The van der Waals surface area contributed by atoms with E-state index in [0.717, 1.165) is 11.3 Å². The van der Waals surface area contributed by atoms with Crippen molar-refractivity contribution in [3.63, 3.8) is 0 Å². The highest BCUT2D eigenvalue weighted by molar-refractivity contribution is 7.90. The lowest BCUT2D eigenvalue weighted by atomic mass is 10.3. The molecule has 3 aromatic rings. The van der Waals surface area contributed by atoms with Gasteiger partial charge in [-0.05, 0) is 55.0 Å². The third-order valence-corrected chi connectivity index (χ3v) is 5.60. The van der Waals surface area contributed by atoms with E-state index in [-0.39, 0.29) is 16.7 Å². The Morgan fingerprint density at radius 1 is 1.04 bits per heavy atom.